The van der Waals surface area contributed by atoms with Crippen molar-refractivity contribution in [3.8, 4) is 0 Å². The summed E-state index contributed by atoms with van der Waals surface area (Å²) < 4.78 is 0. The number of hydrogen-bond acceptors (Lipinski definition) is 2. The Morgan fingerprint density at radius 2 is 1.88 bits per heavy atom. The minimum Gasteiger partial charge on any atom is -0.352 e. The molecule has 1 fully saturated rings. The molecule has 0 aliphatic heterocycles. The van der Waals surface area contributed by atoms with Gasteiger partial charge in [0.1, 0.15) is 0 Å². The molecule has 1 amide bonds. The Morgan fingerprint density at radius 3 is 2.31 bits per heavy atom. The normalized spacial score (nSPS) is 29.5. The smallest absolute Gasteiger partial charge is 0.239 e. The van der Waals surface area contributed by atoms with Crippen molar-refractivity contribution in [3.63, 3.8) is 0 Å². The first-order chi connectivity index (χ1) is 7.49. The van der Waals surface area contributed by atoms with Crippen molar-refractivity contribution in [1.29, 1.82) is 0 Å². The molecule has 0 heterocycles. The molecule has 1 unspecified atom stereocenters. The standard InChI is InChI=1S/C13H26N2O/c1-4-10-6-8-11(9-7-10)15-12(16)13(3,14)5-2/h10-11H,4-9,14H2,1-3H3,(H,15,16). The molecule has 1 aliphatic carbocycles. The van der Waals surface area contributed by atoms with E-state index in [1.807, 2.05) is 6.92 Å². The maximum atomic E-state index is 11.9. The highest BCUT2D eigenvalue weighted by atomic mass is 16.2. The highest BCUT2D eigenvalue weighted by Gasteiger charge is 2.29. The average molecular weight is 226 g/mol. The summed E-state index contributed by atoms with van der Waals surface area (Å²) in [4.78, 5) is 11.9. The third-order valence-corrected chi connectivity index (χ3v) is 4.01. The van der Waals surface area contributed by atoms with Gasteiger partial charge in [-0.2, -0.15) is 0 Å². The first-order valence-electron chi connectivity index (χ1n) is 6.59. The van der Waals surface area contributed by atoms with E-state index in [-0.39, 0.29) is 5.91 Å². The number of carbonyl (C=O) groups is 1. The zero-order valence-electron chi connectivity index (χ0n) is 10.9. The van der Waals surface area contributed by atoms with Crippen LogP contribution in [0, 0.1) is 5.92 Å². The molecule has 1 saturated carbocycles. The van der Waals surface area contributed by atoms with Gasteiger partial charge < -0.3 is 11.1 Å². The summed E-state index contributed by atoms with van der Waals surface area (Å²) in [5.41, 5.74) is 5.21. The monoisotopic (exact) mass is 226 g/mol. The second kappa shape index (κ2) is 5.67. The molecule has 3 N–H and O–H groups in total. The zero-order chi connectivity index (χ0) is 12.2. The van der Waals surface area contributed by atoms with E-state index in [0.717, 1.165) is 18.8 Å². The Kier molecular flexibility index (Phi) is 4.78. The van der Waals surface area contributed by atoms with E-state index >= 15 is 0 Å². The summed E-state index contributed by atoms with van der Waals surface area (Å²) in [6.07, 6.45) is 6.67. The Bertz CT molecular complexity index is 230. The van der Waals surface area contributed by atoms with E-state index < -0.39 is 5.54 Å². The lowest BCUT2D eigenvalue weighted by Gasteiger charge is -2.31. The summed E-state index contributed by atoms with van der Waals surface area (Å²) >= 11 is 0. The largest absolute Gasteiger partial charge is 0.352 e. The van der Waals surface area contributed by atoms with E-state index in [9.17, 15) is 4.79 Å². The summed E-state index contributed by atoms with van der Waals surface area (Å²) in [5, 5.41) is 3.09. The molecule has 1 rings (SSSR count). The molecule has 0 bridgehead atoms. The van der Waals surface area contributed by atoms with Crippen LogP contribution in [0.1, 0.15) is 59.3 Å². The van der Waals surface area contributed by atoms with Gasteiger partial charge in [-0.3, -0.25) is 4.79 Å². The topological polar surface area (TPSA) is 55.1 Å². The maximum Gasteiger partial charge on any atom is 0.239 e. The van der Waals surface area contributed by atoms with Crippen molar-refractivity contribution in [2.45, 2.75) is 70.9 Å². The molecule has 94 valence electrons. The number of carbonyl (C=O) groups excluding carboxylic acids is 1. The summed E-state index contributed by atoms with van der Waals surface area (Å²) in [5.74, 6) is 0.874. The molecule has 3 nitrogen and oxygen atoms in total. The summed E-state index contributed by atoms with van der Waals surface area (Å²) in [7, 11) is 0. The second-order valence-corrected chi connectivity index (χ2v) is 5.37. The van der Waals surface area contributed by atoms with E-state index in [2.05, 4.69) is 12.2 Å². The molecule has 0 aromatic carbocycles. The van der Waals surface area contributed by atoms with E-state index in [0.29, 0.717) is 12.5 Å². The van der Waals surface area contributed by atoms with Crippen molar-refractivity contribution >= 4 is 5.91 Å². The fraction of sp³-hybridized carbons (Fsp3) is 0.923. The molecule has 0 radical (unpaired) electrons. The predicted molar refractivity (Wildman–Crippen MR) is 67.1 cm³/mol. The van der Waals surface area contributed by atoms with Gasteiger partial charge in [0.25, 0.3) is 0 Å². The van der Waals surface area contributed by atoms with Crippen LogP contribution < -0.4 is 11.1 Å². The van der Waals surface area contributed by atoms with Gasteiger partial charge in [-0.05, 0) is 44.9 Å². The van der Waals surface area contributed by atoms with Crippen LogP contribution in [0.2, 0.25) is 0 Å². The lowest BCUT2D eigenvalue weighted by Crippen LogP contribution is -2.54. The number of nitrogens with two attached hydrogens (primary N) is 1. The summed E-state index contributed by atoms with van der Waals surface area (Å²) in [6, 6.07) is 0.352. The molecule has 16 heavy (non-hydrogen) atoms. The van der Waals surface area contributed by atoms with Crippen molar-refractivity contribution in [2.75, 3.05) is 0 Å². The van der Waals surface area contributed by atoms with Crippen LogP contribution in [0.25, 0.3) is 0 Å². The highest BCUT2D eigenvalue weighted by Crippen LogP contribution is 2.26. The van der Waals surface area contributed by atoms with Crippen LogP contribution in [0.3, 0.4) is 0 Å². The third kappa shape index (κ3) is 3.48. The molecule has 1 atom stereocenters. The molecular weight excluding hydrogens is 200 g/mol. The van der Waals surface area contributed by atoms with Crippen LogP contribution in [-0.4, -0.2) is 17.5 Å². The molecule has 0 spiro atoms. The van der Waals surface area contributed by atoms with Crippen LogP contribution in [0.15, 0.2) is 0 Å². The minimum atomic E-state index is -0.707. The number of hydrogen-bond donors (Lipinski definition) is 2. The fourth-order valence-corrected chi connectivity index (χ4v) is 2.23. The molecule has 0 aromatic heterocycles. The van der Waals surface area contributed by atoms with Gasteiger partial charge in [-0.15, -0.1) is 0 Å². The molecule has 0 aromatic rings. The third-order valence-electron chi connectivity index (χ3n) is 4.01. The van der Waals surface area contributed by atoms with Crippen molar-refractivity contribution < 1.29 is 4.79 Å². The first-order valence-corrected chi connectivity index (χ1v) is 6.59. The summed E-state index contributed by atoms with van der Waals surface area (Å²) in [6.45, 7) is 6.01. The fourth-order valence-electron chi connectivity index (χ4n) is 2.23. The van der Waals surface area contributed by atoms with Crippen LogP contribution >= 0.6 is 0 Å². The number of amides is 1. The molecule has 1 aliphatic rings. The van der Waals surface area contributed by atoms with Crippen molar-refractivity contribution in [2.24, 2.45) is 11.7 Å². The average Bonchev–Trinajstić information content (AvgIpc) is 2.30. The quantitative estimate of drug-likeness (QED) is 0.772. The van der Waals surface area contributed by atoms with E-state index in [4.69, 9.17) is 5.73 Å². The van der Waals surface area contributed by atoms with Crippen molar-refractivity contribution in [1.82, 2.24) is 5.32 Å². The lowest BCUT2D eigenvalue weighted by atomic mass is 9.84. The van der Waals surface area contributed by atoms with E-state index in [1.165, 1.54) is 19.3 Å². The molecule has 0 saturated heterocycles. The SMILES string of the molecule is CCC1CCC(NC(=O)C(C)(N)CC)CC1. The van der Waals surface area contributed by atoms with Gasteiger partial charge >= 0.3 is 0 Å². The van der Waals surface area contributed by atoms with Crippen molar-refractivity contribution in [3.05, 3.63) is 0 Å². The van der Waals surface area contributed by atoms with Gasteiger partial charge in [0.05, 0.1) is 5.54 Å². The minimum absolute atomic E-state index is 0.00921. The van der Waals surface area contributed by atoms with Crippen LogP contribution in [0.4, 0.5) is 0 Å². The number of rotatable bonds is 4. The molecular formula is C13H26N2O. The lowest BCUT2D eigenvalue weighted by molar-refractivity contribution is -0.126. The van der Waals surface area contributed by atoms with Crippen LogP contribution in [0.5, 0.6) is 0 Å². The Labute approximate surface area is 99.2 Å². The Morgan fingerprint density at radius 1 is 1.31 bits per heavy atom. The van der Waals surface area contributed by atoms with Gasteiger partial charge in [0.2, 0.25) is 5.91 Å². The Balaban J connectivity index is 2.36. The predicted octanol–water partition coefficient (Wildman–Crippen LogP) is 2.20. The Hall–Kier alpha value is -0.570. The zero-order valence-corrected chi connectivity index (χ0v) is 10.9. The number of nitrogens with one attached hydrogen (secondary N) is 1. The second-order valence-electron chi connectivity index (χ2n) is 5.37. The van der Waals surface area contributed by atoms with E-state index in [1.54, 1.807) is 6.92 Å². The van der Waals surface area contributed by atoms with Crippen LogP contribution in [-0.2, 0) is 4.79 Å². The maximum absolute atomic E-state index is 11.9. The first kappa shape index (κ1) is 13.5. The molecule has 3 heteroatoms. The highest BCUT2D eigenvalue weighted by molar-refractivity contribution is 5.85. The van der Waals surface area contributed by atoms with Gasteiger partial charge in [0, 0.05) is 6.04 Å². The van der Waals surface area contributed by atoms with Gasteiger partial charge in [-0.1, -0.05) is 20.3 Å². The van der Waals surface area contributed by atoms with Gasteiger partial charge in [-0.25, -0.2) is 0 Å². The van der Waals surface area contributed by atoms with Gasteiger partial charge in [0.15, 0.2) is 0 Å².